The van der Waals surface area contributed by atoms with Crippen molar-refractivity contribution in [1.29, 1.82) is 0 Å². The van der Waals surface area contributed by atoms with E-state index < -0.39 is 5.97 Å². The zero-order valence-corrected chi connectivity index (χ0v) is 10.2. The van der Waals surface area contributed by atoms with Crippen LogP contribution in [0, 0.1) is 5.82 Å². The summed E-state index contributed by atoms with van der Waals surface area (Å²) in [5.74, 6) is -0.881. The van der Waals surface area contributed by atoms with E-state index in [4.69, 9.17) is 9.15 Å². The van der Waals surface area contributed by atoms with Gasteiger partial charge in [-0.15, -0.1) is 0 Å². The Kier molecular flexibility index (Phi) is 3.75. The van der Waals surface area contributed by atoms with Crippen LogP contribution in [0.25, 0.3) is 11.3 Å². The number of halogens is 1. The molecule has 5 heteroatoms. The normalized spacial score (nSPS) is 10.2. The number of rotatable bonds is 4. The monoisotopic (exact) mass is 262 g/mol. The first-order valence-corrected chi connectivity index (χ1v) is 5.58. The standard InChI is InChI=1S/C14H11FO4/c1-9(16)8-18-14(17)13-7-6-12(19-13)10-2-4-11(15)5-3-10/h2-7H,8H2,1H3. The molecule has 1 aromatic heterocycles. The van der Waals surface area contributed by atoms with Crippen LogP contribution in [0.3, 0.4) is 0 Å². The second kappa shape index (κ2) is 5.48. The highest BCUT2D eigenvalue weighted by Gasteiger charge is 2.14. The number of carbonyl (C=O) groups is 2. The van der Waals surface area contributed by atoms with Gasteiger partial charge in [0.15, 0.2) is 5.78 Å². The van der Waals surface area contributed by atoms with Crippen molar-refractivity contribution in [2.45, 2.75) is 6.92 Å². The largest absolute Gasteiger partial charge is 0.452 e. The molecule has 1 heterocycles. The van der Waals surface area contributed by atoms with E-state index in [9.17, 15) is 14.0 Å². The van der Waals surface area contributed by atoms with Gasteiger partial charge in [0.1, 0.15) is 18.2 Å². The van der Waals surface area contributed by atoms with Gasteiger partial charge in [-0.05, 0) is 43.3 Å². The lowest BCUT2D eigenvalue weighted by atomic mass is 10.2. The Bertz CT molecular complexity index is 598. The lowest BCUT2D eigenvalue weighted by molar-refractivity contribution is -0.120. The summed E-state index contributed by atoms with van der Waals surface area (Å²) in [4.78, 5) is 22.2. The molecule has 0 saturated carbocycles. The number of Topliss-reactive ketones (excluding diaryl/α,β-unsaturated/α-hetero) is 1. The molecule has 0 unspecified atom stereocenters. The van der Waals surface area contributed by atoms with E-state index in [0.29, 0.717) is 11.3 Å². The van der Waals surface area contributed by atoms with Crippen LogP contribution in [0.15, 0.2) is 40.8 Å². The van der Waals surface area contributed by atoms with Crippen molar-refractivity contribution in [1.82, 2.24) is 0 Å². The average molecular weight is 262 g/mol. The number of hydrogen-bond donors (Lipinski definition) is 0. The van der Waals surface area contributed by atoms with Gasteiger partial charge in [0.05, 0.1) is 0 Å². The summed E-state index contributed by atoms with van der Waals surface area (Å²) in [5.41, 5.74) is 0.645. The van der Waals surface area contributed by atoms with Gasteiger partial charge in [-0.1, -0.05) is 0 Å². The van der Waals surface area contributed by atoms with E-state index in [1.807, 2.05) is 0 Å². The summed E-state index contributed by atoms with van der Waals surface area (Å²) < 4.78 is 22.8. The Balaban J connectivity index is 2.12. The molecular formula is C14H11FO4. The minimum Gasteiger partial charge on any atom is -0.452 e. The first-order chi connectivity index (χ1) is 9.06. The fourth-order valence-corrected chi connectivity index (χ4v) is 1.46. The number of ether oxygens (including phenoxy) is 1. The van der Waals surface area contributed by atoms with Gasteiger partial charge in [-0.25, -0.2) is 9.18 Å². The average Bonchev–Trinajstić information content (AvgIpc) is 2.86. The third-order valence-electron chi connectivity index (χ3n) is 2.34. The Morgan fingerprint density at radius 1 is 1.16 bits per heavy atom. The number of carbonyl (C=O) groups excluding carboxylic acids is 2. The molecule has 2 aromatic rings. The molecule has 0 aliphatic rings. The van der Waals surface area contributed by atoms with Crippen molar-refractivity contribution >= 4 is 11.8 Å². The van der Waals surface area contributed by atoms with Crippen molar-refractivity contribution in [3.63, 3.8) is 0 Å². The fraction of sp³-hybridized carbons (Fsp3) is 0.143. The number of ketones is 1. The molecule has 0 aliphatic carbocycles. The summed E-state index contributed by atoms with van der Waals surface area (Å²) in [5, 5.41) is 0. The molecule has 0 atom stereocenters. The molecule has 0 aliphatic heterocycles. The highest BCUT2D eigenvalue weighted by Crippen LogP contribution is 2.22. The predicted octanol–water partition coefficient (Wildman–Crippen LogP) is 2.83. The summed E-state index contributed by atoms with van der Waals surface area (Å²) in [6, 6.07) is 8.70. The van der Waals surface area contributed by atoms with E-state index >= 15 is 0 Å². The summed E-state index contributed by atoms with van der Waals surface area (Å²) in [6.07, 6.45) is 0. The van der Waals surface area contributed by atoms with Crippen LogP contribution in [0.5, 0.6) is 0 Å². The zero-order chi connectivity index (χ0) is 13.8. The van der Waals surface area contributed by atoms with Crippen molar-refractivity contribution in [2.75, 3.05) is 6.61 Å². The van der Waals surface area contributed by atoms with Gasteiger partial charge >= 0.3 is 5.97 Å². The fourth-order valence-electron chi connectivity index (χ4n) is 1.46. The lowest BCUT2D eigenvalue weighted by Crippen LogP contribution is -2.10. The maximum atomic E-state index is 12.8. The Morgan fingerprint density at radius 3 is 2.47 bits per heavy atom. The van der Waals surface area contributed by atoms with Gasteiger partial charge in [-0.3, -0.25) is 4.79 Å². The van der Waals surface area contributed by atoms with Crippen LogP contribution in [-0.4, -0.2) is 18.4 Å². The van der Waals surface area contributed by atoms with Gasteiger partial charge < -0.3 is 9.15 Å². The lowest BCUT2D eigenvalue weighted by Gasteiger charge is -1.99. The van der Waals surface area contributed by atoms with Crippen LogP contribution >= 0.6 is 0 Å². The van der Waals surface area contributed by atoms with Gasteiger partial charge in [0, 0.05) is 5.56 Å². The summed E-state index contributed by atoms with van der Waals surface area (Å²) in [6.45, 7) is 1.03. The maximum Gasteiger partial charge on any atom is 0.374 e. The van der Waals surface area contributed by atoms with Crippen molar-refractivity contribution < 1.29 is 23.1 Å². The van der Waals surface area contributed by atoms with Crippen LogP contribution in [0.4, 0.5) is 4.39 Å². The van der Waals surface area contributed by atoms with Crippen LogP contribution in [0.2, 0.25) is 0 Å². The molecule has 1 aromatic carbocycles. The van der Waals surface area contributed by atoms with Gasteiger partial charge in [0.2, 0.25) is 5.76 Å². The van der Waals surface area contributed by atoms with Crippen LogP contribution in [-0.2, 0) is 9.53 Å². The molecule has 98 valence electrons. The van der Waals surface area contributed by atoms with E-state index in [2.05, 4.69) is 0 Å². The molecule has 0 spiro atoms. The van der Waals surface area contributed by atoms with Gasteiger partial charge in [-0.2, -0.15) is 0 Å². The first kappa shape index (κ1) is 13.0. The second-order valence-electron chi connectivity index (χ2n) is 3.95. The molecule has 2 rings (SSSR count). The Morgan fingerprint density at radius 2 is 1.84 bits per heavy atom. The number of esters is 1. The Labute approximate surface area is 108 Å². The van der Waals surface area contributed by atoms with Crippen LogP contribution < -0.4 is 0 Å². The molecule has 0 amide bonds. The molecule has 0 N–H and O–H groups in total. The zero-order valence-electron chi connectivity index (χ0n) is 10.2. The van der Waals surface area contributed by atoms with Crippen molar-refractivity contribution in [3.05, 3.63) is 48.0 Å². The topological polar surface area (TPSA) is 56.5 Å². The molecule has 0 saturated heterocycles. The molecule has 0 bridgehead atoms. The quantitative estimate of drug-likeness (QED) is 0.795. The number of benzene rings is 1. The van der Waals surface area contributed by atoms with Crippen molar-refractivity contribution in [2.24, 2.45) is 0 Å². The molecule has 4 nitrogen and oxygen atoms in total. The summed E-state index contributed by atoms with van der Waals surface area (Å²) >= 11 is 0. The minimum atomic E-state index is -0.705. The highest BCUT2D eigenvalue weighted by molar-refractivity contribution is 5.89. The third kappa shape index (κ3) is 3.28. The van der Waals surface area contributed by atoms with Gasteiger partial charge in [0.25, 0.3) is 0 Å². The van der Waals surface area contributed by atoms with Crippen LogP contribution in [0.1, 0.15) is 17.5 Å². The highest BCUT2D eigenvalue weighted by atomic mass is 19.1. The van der Waals surface area contributed by atoms with E-state index in [0.717, 1.165) is 0 Å². The van der Waals surface area contributed by atoms with E-state index in [-0.39, 0.29) is 24.0 Å². The van der Waals surface area contributed by atoms with E-state index in [1.165, 1.54) is 25.1 Å². The molecular weight excluding hydrogens is 251 g/mol. The smallest absolute Gasteiger partial charge is 0.374 e. The Hall–Kier alpha value is -2.43. The predicted molar refractivity (Wildman–Crippen MR) is 65.1 cm³/mol. The third-order valence-corrected chi connectivity index (χ3v) is 2.34. The molecule has 19 heavy (non-hydrogen) atoms. The molecule has 0 fully saturated rings. The minimum absolute atomic E-state index is 0.000532. The SMILES string of the molecule is CC(=O)COC(=O)c1ccc(-c2ccc(F)cc2)o1. The number of hydrogen-bond acceptors (Lipinski definition) is 4. The van der Waals surface area contributed by atoms with E-state index in [1.54, 1.807) is 18.2 Å². The maximum absolute atomic E-state index is 12.8. The number of furan rings is 1. The molecule has 0 radical (unpaired) electrons. The van der Waals surface area contributed by atoms with Crippen molar-refractivity contribution in [3.8, 4) is 11.3 Å². The summed E-state index contributed by atoms with van der Waals surface area (Å²) in [7, 11) is 0. The second-order valence-corrected chi connectivity index (χ2v) is 3.95. The first-order valence-electron chi connectivity index (χ1n) is 5.58.